The van der Waals surface area contributed by atoms with Crippen LogP contribution < -0.4 is 0 Å². The Labute approximate surface area is 79.8 Å². The third kappa shape index (κ3) is 2.27. The third-order valence-electron chi connectivity index (χ3n) is 0.983. The lowest BCUT2D eigenvalue weighted by Gasteiger charge is -1.92. The van der Waals surface area contributed by atoms with Crippen LogP contribution in [0.1, 0.15) is 0 Å². The summed E-state index contributed by atoms with van der Waals surface area (Å²) >= 11 is 6.22. The van der Waals surface area contributed by atoms with Crippen LogP contribution in [0.25, 0.3) is 0 Å². The number of nitro benzene ring substituents is 1. The van der Waals surface area contributed by atoms with Crippen LogP contribution in [0.15, 0.2) is 21.1 Å². The van der Waals surface area contributed by atoms with E-state index in [2.05, 4.69) is 37.9 Å². The molecule has 0 aliphatic carbocycles. The van der Waals surface area contributed by atoms with E-state index in [9.17, 15) is 10.1 Å². The molecule has 1 radical (unpaired) electrons. The zero-order valence-electron chi connectivity index (χ0n) is 5.17. The van der Waals surface area contributed by atoms with Crippen LogP contribution >= 0.6 is 31.9 Å². The van der Waals surface area contributed by atoms with Gasteiger partial charge < -0.3 is 0 Å². The number of non-ortho nitro benzene ring substituents is 1. The van der Waals surface area contributed by atoms with Gasteiger partial charge in [-0.15, -0.1) is 0 Å². The van der Waals surface area contributed by atoms with Gasteiger partial charge in [-0.1, -0.05) is 15.9 Å². The molecule has 1 aromatic rings. The van der Waals surface area contributed by atoms with Crippen LogP contribution in [0, 0.1) is 16.2 Å². The highest BCUT2D eigenvalue weighted by Crippen LogP contribution is 2.23. The summed E-state index contributed by atoms with van der Waals surface area (Å²) in [7, 11) is 0. The lowest BCUT2D eigenvalue weighted by Crippen LogP contribution is -1.87. The number of rotatable bonds is 1. The standard InChI is InChI=1S/C6H2Br2NO2/c7-4-1-5(8)3-6(2-4)9(10)11/h1-2H. The highest BCUT2D eigenvalue weighted by atomic mass is 79.9. The maximum Gasteiger partial charge on any atom is 0.279 e. The van der Waals surface area contributed by atoms with Crippen molar-refractivity contribution in [3.63, 3.8) is 0 Å². The molecule has 3 nitrogen and oxygen atoms in total. The van der Waals surface area contributed by atoms with Crippen LogP contribution in [0.5, 0.6) is 0 Å². The molecule has 1 aromatic carbocycles. The zero-order valence-corrected chi connectivity index (χ0v) is 8.35. The van der Waals surface area contributed by atoms with Crippen LogP contribution in [-0.4, -0.2) is 4.92 Å². The van der Waals surface area contributed by atoms with Gasteiger partial charge in [-0.25, -0.2) is 0 Å². The molecule has 0 bridgehead atoms. The van der Waals surface area contributed by atoms with E-state index in [1.54, 1.807) is 6.07 Å². The molecular weight excluding hydrogens is 278 g/mol. The van der Waals surface area contributed by atoms with Gasteiger partial charge in [-0.3, -0.25) is 10.1 Å². The number of nitro groups is 1. The van der Waals surface area contributed by atoms with Crippen molar-refractivity contribution < 1.29 is 4.92 Å². The van der Waals surface area contributed by atoms with Gasteiger partial charge in [0.1, 0.15) is 0 Å². The Bertz CT molecular complexity index is 280. The maximum atomic E-state index is 10.2. The number of hydrogen-bond donors (Lipinski definition) is 0. The van der Waals surface area contributed by atoms with Crippen LogP contribution in [0.3, 0.4) is 0 Å². The van der Waals surface area contributed by atoms with Crippen molar-refractivity contribution in [1.29, 1.82) is 0 Å². The highest BCUT2D eigenvalue weighted by molar-refractivity contribution is 9.11. The predicted molar refractivity (Wildman–Crippen MR) is 47.3 cm³/mol. The van der Waals surface area contributed by atoms with Crippen LogP contribution in [-0.2, 0) is 0 Å². The normalized spacial score (nSPS) is 9.64. The van der Waals surface area contributed by atoms with Gasteiger partial charge in [0, 0.05) is 15.0 Å². The second kappa shape index (κ2) is 3.32. The topological polar surface area (TPSA) is 43.1 Å². The molecule has 0 N–H and O–H groups in total. The molecule has 5 heteroatoms. The molecule has 0 aromatic heterocycles. The molecule has 0 fully saturated rings. The Morgan fingerprint density at radius 2 is 2.09 bits per heavy atom. The second-order valence-corrected chi connectivity index (χ2v) is 3.56. The van der Waals surface area contributed by atoms with Gasteiger partial charge in [0.2, 0.25) is 0 Å². The summed E-state index contributed by atoms with van der Waals surface area (Å²) in [5.74, 6) is 0. The Balaban J connectivity index is 3.19. The number of halogens is 2. The van der Waals surface area contributed by atoms with Crippen molar-refractivity contribution in [2.24, 2.45) is 0 Å². The van der Waals surface area contributed by atoms with Gasteiger partial charge in [-0.05, 0) is 22.0 Å². The van der Waals surface area contributed by atoms with Crippen molar-refractivity contribution in [3.05, 3.63) is 37.3 Å². The quantitative estimate of drug-likeness (QED) is 0.586. The summed E-state index contributed by atoms with van der Waals surface area (Å²) < 4.78 is 1.23. The fourth-order valence-electron chi connectivity index (χ4n) is 0.586. The van der Waals surface area contributed by atoms with E-state index in [0.29, 0.717) is 8.95 Å². The molecule has 0 heterocycles. The van der Waals surface area contributed by atoms with E-state index in [0.717, 1.165) is 0 Å². The van der Waals surface area contributed by atoms with E-state index in [4.69, 9.17) is 0 Å². The van der Waals surface area contributed by atoms with Gasteiger partial charge in [0.25, 0.3) is 5.69 Å². The summed E-state index contributed by atoms with van der Waals surface area (Å²) in [5, 5.41) is 10.2. The van der Waals surface area contributed by atoms with Crippen molar-refractivity contribution in [2.45, 2.75) is 0 Å². The molecule has 0 unspecified atom stereocenters. The molecule has 0 saturated heterocycles. The molecule has 0 amide bonds. The molecule has 1 rings (SSSR count). The van der Waals surface area contributed by atoms with Crippen molar-refractivity contribution >= 4 is 37.5 Å². The SMILES string of the molecule is O=[N+]([O-])c1[c]c(Br)cc(Br)c1. The van der Waals surface area contributed by atoms with Gasteiger partial charge in [-0.2, -0.15) is 0 Å². The summed E-state index contributed by atoms with van der Waals surface area (Å²) in [5.41, 5.74) is -0.0498. The fourth-order valence-corrected chi connectivity index (χ4v) is 1.79. The number of hydrogen-bond acceptors (Lipinski definition) is 2. The summed E-state index contributed by atoms with van der Waals surface area (Å²) in [6, 6.07) is 5.62. The molecule has 0 aliphatic rings. The fraction of sp³-hybridized carbons (Fsp3) is 0. The first-order valence-electron chi connectivity index (χ1n) is 2.62. The molecule has 0 spiro atoms. The minimum Gasteiger partial charge on any atom is -0.258 e. The lowest BCUT2D eigenvalue weighted by atomic mass is 10.3. The van der Waals surface area contributed by atoms with Crippen LogP contribution in [0.4, 0.5) is 5.69 Å². The molecule has 0 atom stereocenters. The molecule has 11 heavy (non-hydrogen) atoms. The average molecular weight is 280 g/mol. The van der Waals surface area contributed by atoms with E-state index >= 15 is 0 Å². The monoisotopic (exact) mass is 278 g/mol. The summed E-state index contributed by atoms with van der Waals surface area (Å²) in [4.78, 5) is 9.75. The van der Waals surface area contributed by atoms with Crippen LogP contribution in [0.2, 0.25) is 0 Å². The van der Waals surface area contributed by atoms with E-state index < -0.39 is 4.92 Å². The Kier molecular flexibility index (Phi) is 2.62. The van der Waals surface area contributed by atoms with Crippen molar-refractivity contribution in [3.8, 4) is 0 Å². The second-order valence-electron chi connectivity index (χ2n) is 1.79. The summed E-state index contributed by atoms with van der Waals surface area (Å²) in [6.07, 6.45) is 0. The highest BCUT2D eigenvalue weighted by Gasteiger charge is 2.07. The first-order chi connectivity index (χ1) is 5.09. The average Bonchev–Trinajstić information content (AvgIpc) is 1.85. The first kappa shape index (κ1) is 8.67. The maximum absolute atomic E-state index is 10.2. The minimum absolute atomic E-state index is 0.0498. The number of benzene rings is 1. The van der Waals surface area contributed by atoms with E-state index in [1.165, 1.54) is 6.07 Å². The third-order valence-corrected chi connectivity index (χ3v) is 1.87. The Morgan fingerprint density at radius 1 is 1.45 bits per heavy atom. The summed E-state index contributed by atoms with van der Waals surface area (Å²) in [6.45, 7) is 0. The minimum atomic E-state index is -0.491. The van der Waals surface area contributed by atoms with E-state index in [-0.39, 0.29) is 5.69 Å². The molecule has 57 valence electrons. The molecule has 0 aliphatic heterocycles. The Morgan fingerprint density at radius 3 is 2.55 bits per heavy atom. The van der Waals surface area contributed by atoms with Crippen molar-refractivity contribution in [2.75, 3.05) is 0 Å². The predicted octanol–water partition coefficient (Wildman–Crippen LogP) is 2.92. The first-order valence-corrected chi connectivity index (χ1v) is 4.21. The van der Waals surface area contributed by atoms with Gasteiger partial charge in [0.15, 0.2) is 0 Å². The molecular formula is C6H2Br2NO2. The van der Waals surface area contributed by atoms with Gasteiger partial charge in [0.05, 0.1) is 11.0 Å². The smallest absolute Gasteiger partial charge is 0.258 e. The van der Waals surface area contributed by atoms with Gasteiger partial charge >= 0.3 is 0 Å². The Hall–Kier alpha value is -0.420. The van der Waals surface area contributed by atoms with Crippen molar-refractivity contribution in [1.82, 2.24) is 0 Å². The zero-order chi connectivity index (χ0) is 8.43. The largest absolute Gasteiger partial charge is 0.279 e. The molecule has 0 saturated carbocycles. The lowest BCUT2D eigenvalue weighted by molar-refractivity contribution is -0.385. The number of nitrogens with zero attached hydrogens (tertiary/aromatic N) is 1. The van der Waals surface area contributed by atoms with E-state index in [1.807, 2.05) is 0 Å².